The minimum Gasteiger partial charge on any atom is -0.481 e. The van der Waals surface area contributed by atoms with Gasteiger partial charge in [0.25, 0.3) is 0 Å². The van der Waals surface area contributed by atoms with Crippen LogP contribution >= 0.6 is 0 Å². The first-order chi connectivity index (χ1) is 13.1. The molecule has 6 nitrogen and oxygen atoms in total. The Hall–Kier alpha value is -2.52. The van der Waals surface area contributed by atoms with E-state index in [1.807, 2.05) is 0 Å². The van der Waals surface area contributed by atoms with Crippen molar-refractivity contribution in [3.05, 3.63) is 29.6 Å². The Balaban J connectivity index is 2.32. The molecule has 0 radical (unpaired) electrons. The molecule has 1 amide bonds. The van der Waals surface area contributed by atoms with Gasteiger partial charge in [0.05, 0.1) is 5.41 Å². The zero-order chi connectivity index (χ0) is 22.2. The molecular weight excluding hydrogens is 398 g/mol. The van der Waals surface area contributed by atoms with E-state index in [2.05, 4.69) is 4.74 Å². The number of carbonyl (C=O) groups is 2. The molecule has 0 aromatic heterocycles. The van der Waals surface area contributed by atoms with Gasteiger partial charge in [0.2, 0.25) is 0 Å². The first-order valence-electron chi connectivity index (χ1n) is 8.86. The van der Waals surface area contributed by atoms with E-state index in [0.717, 1.165) is 12.1 Å². The van der Waals surface area contributed by atoms with Crippen molar-refractivity contribution in [3.8, 4) is 5.75 Å². The van der Waals surface area contributed by atoms with Crippen LogP contribution in [0.3, 0.4) is 0 Å². The van der Waals surface area contributed by atoms with Gasteiger partial charge in [-0.05, 0) is 51.8 Å². The third-order valence-corrected chi connectivity index (χ3v) is 4.50. The molecule has 0 spiro atoms. The van der Waals surface area contributed by atoms with Crippen molar-refractivity contribution in [2.24, 2.45) is 5.41 Å². The molecule has 1 saturated heterocycles. The highest BCUT2D eigenvalue weighted by molar-refractivity contribution is 5.77. The summed E-state index contributed by atoms with van der Waals surface area (Å²) in [7, 11) is 0. The summed E-state index contributed by atoms with van der Waals surface area (Å²) in [6.45, 7) is 6.38. The second-order valence-electron chi connectivity index (χ2n) is 8.37. The Bertz CT molecular complexity index is 790. The van der Waals surface area contributed by atoms with Gasteiger partial charge in [-0.15, -0.1) is 13.2 Å². The molecule has 1 heterocycles. The Labute approximate surface area is 165 Å². The zero-order valence-electron chi connectivity index (χ0n) is 16.5. The Morgan fingerprint density at radius 1 is 1.24 bits per heavy atom. The van der Waals surface area contributed by atoms with Crippen LogP contribution in [0.25, 0.3) is 0 Å². The number of carboxylic acids is 1. The maximum atomic E-state index is 14.1. The second kappa shape index (κ2) is 7.72. The predicted octanol–water partition coefficient (Wildman–Crippen LogP) is 4.54. The van der Waals surface area contributed by atoms with Crippen LogP contribution in [-0.2, 0) is 9.53 Å². The minimum absolute atomic E-state index is 0.0384. The highest BCUT2D eigenvalue weighted by Gasteiger charge is 2.45. The number of halogens is 4. The average molecular weight is 421 g/mol. The lowest BCUT2D eigenvalue weighted by Crippen LogP contribution is -2.52. The van der Waals surface area contributed by atoms with Crippen molar-refractivity contribution < 1.29 is 41.7 Å². The van der Waals surface area contributed by atoms with Gasteiger partial charge >= 0.3 is 18.4 Å². The van der Waals surface area contributed by atoms with Gasteiger partial charge < -0.3 is 19.5 Å². The van der Waals surface area contributed by atoms with Crippen LogP contribution in [0.2, 0.25) is 0 Å². The number of likely N-dealkylation sites (tertiary alicyclic amines) is 1. The number of hydrogen-bond donors (Lipinski definition) is 1. The highest BCUT2D eigenvalue weighted by Crippen LogP contribution is 2.40. The van der Waals surface area contributed by atoms with Crippen LogP contribution in [-0.4, -0.2) is 47.1 Å². The normalized spacial score (nSPS) is 22.9. The summed E-state index contributed by atoms with van der Waals surface area (Å²) < 4.78 is 60.0. The Kier molecular flexibility index (Phi) is 6.06. The number of aliphatic carboxylic acids is 1. The number of carbonyl (C=O) groups excluding carboxylic acids is 1. The molecule has 10 heteroatoms. The monoisotopic (exact) mass is 421 g/mol. The molecule has 1 aromatic carbocycles. The summed E-state index contributed by atoms with van der Waals surface area (Å²) in [6.07, 6.45) is -5.68. The van der Waals surface area contributed by atoms with E-state index in [1.165, 1.54) is 17.9 Å². The van der Waals surface area contributed by atoms with Crippen molar-refractivity contribution in [3.63, 3.8) is 0 Å². The van der Waals surface area contributed by atoms with Crippen LogP contribution in [0, 0.1) is 11.2 Å². The van der Waals surface area contributed by atoms with Crippen molar-refractivity contribution in [1.29, 1.82) is 0 Å². The van der Waals surface area contributed by atoms with Gasteiger partial charge in [-0.3, -0.25) is 4.79 Å². The van der Waals surface area contributed by atoms with Crippen LogP contribution < -0.4 is 4.74 Å². The molecule has 1 aromatic rings. The quantitative estimate of drug-likeness (QED) is 0.726. The second-order valence-corrected chi connectivity index (χ2v) is 8.37. The fourth-order valence-electron chi connectivity index (χ4n) is 3.25. The van der Waals surface area contributed by atoms with Crippen molar-refractivity contribution >= 4 is 12.1 Å². The molecule has 29 heavy (non-hydrogen) atoms. The molecule has 1 N–H and O–H groups in total. The number of hydrogen-bond acceptors (Lipinski definition) is 4. The lowest BCUT2D eigenvalue weighted by atomic mass is 9.74. The number of ether oxygens (including phenoxy) is 2. The van der Waals surface area contributed by atoms with Gasteiger partial charge in [-0.25, -0.2) is 9.18 Å². The number of carboxylic acid groups (broad SMARTS) is 1. The van der Waals surface area contributed by atoms with E-state index in [-0.39, 0.29) is 25.1 Å². The number of rotatable bonds is 3. The molecule has 1 fully saturated rings. The summed E-state index contributed by atoms with van der Waals surface area (Å²) in [4.78, 5) is 25.5. The zero-order valence-corrected chi connectivity index (χ0v) is 16.5. The predicted molar refractivity (Wildman–Crippen MR) is 94.0 cm³/mol. The van der Waals surface area contributed by atoms with Crippen molar-refractivity contribution in [2.75, 3.05) is 13.1 Å². The maximum absolute atomic E-state index is 14.1. The maximum Gasteiger partial charge on any atom is 0.573 e. The number of amides is 1. The molecule has 1 aliphatic heterocycles. The van der Waals surface area contributed by atoms with E-state index in [0.29, 0.717) is 0 Å². The van der Waals surface area contributed by atoms with Gasteiger partial charge in [-0.2, -0.15) is 0 Å². The largest absolute Gasteiger partial charge is 0.573 e. The number of alkyl halides is 3. The lowest BCUT2D eigenvalue weighted by molar-refractivity contribution is -0.275. The SMILES string of the molecule is CC(C)(C)OC(=O)N1CC(c2ccc(OC(F)(F)F)c(F)c2)CC(C)(C(=O)O)C1. The fourth-order valence-corrected chi connectivity index (χ4v) is 3.25. The van der Waals surface area contributed by atoms with Crippen molar-refractivity contribution in [1.82, 2.24) is 4.90 Å². The molecule has 0 saturated carbocycles. The van der Waals surface area contributed by atoms with Gasteiger partial charge in [0.1, 0.15) is 5.60 Å². The third-order valence-electron chi connectivity index (χ3n) is 4.50. The van der Waals surface area contributed by atoms with Gasteiger partial charge in [0.15, 0.2) is 11.6 Å². The first kappa shape index (κ1) is 22.8. The molecule has 2 rings (SSSR count). The summed E-state index contributed by atoms with van der Waals surface area (Å²) in [5, 5.41) is 9.62. The first-order valence-corrected chi connectivity index (χ1v) is 8.86. The van der Waals surface area contributed by atoms with Crippen LogP contribution in [0.1, 0.15) is 45.6 Å². The minimum atomic E-state index is -5.04. The van der Waals surface area contributed by atoms with E-state index in [4.69, 9.17) is 4.74 Å². The van der Waals surface area contributed by atoms with Crippen LogP contribution in [0.4, 0.5) is 22.4 Å². The number of piperidine rings is 1. The lowest BCUT2D eigenvalue weighted by Gasteiger charge is -2.42. The third kappa shape index (κ3) is 5.98. The molecule has 1 aliphatic rings. The summed E-state index contributed by atoms with van der Waals surface area (Å²) >= 11 is 0. The van der Waals surface area contributed by atoms with E-state index < -0.39 is 46.9 Å². The van der Waals surface area contributed by atoms with Crippen LogP contribution in [0.15, 0.2) is 18.2 Å². The smallest absolute Gasteiger partial charge is 0.481 e. The standard InChI is InChI=1S/C19H23F4NO5/c1-17(2,3)29-16(27)24-9-12(8-18(4,10-24)15(25)26)11-5-6-14(13(20)7-11)28-19(21,22)23/h5-7,12H,8-10H2,1-4H3,(H,25,26). The molecule has 0 bridgehead atoms. The van der Waals surface area contributed by atoms with Crippen molar-refractivity contribution in [2.45, 2.75) is 52.0 Å². The van der Waals surface area contributed by atoms with E-state index in [1.54, 1.807) is 20.8 Å². The summed E-state index contributed by atoms with van der Waals surface area (Å²) in [6, 6.07) is 2.94. The van der Waals surface area contributed by atoms with E-state index in [9.17, 15) is 32.3 Å². The molecule has 0 aliphatic carbocycles. The van der Waals surface area contributed by atoms with E-state index >= 15 is 0 Å². The topological polar surface area (TPSA) is 76.1 Å². The number of nitrogens with zero attached hydrogens (tertiary/aromatic N) is 1. The van der Waals surface area contributed by atoms with Gasteiger partial charge in [0, 0.05) is 19.0 Å². The van der Waals surface area contributed by atoms with Gasteiger partial charge in [-0.1, -0.05) is 6.07 Å². The molecule has 2 atom stereocenters. The molecular formula is C19H23F4NO5. The molecule has 162 valence electrons. The Morgan fingerprint density at radius 3 is 2.34 bits per heavy atom. The average Bonchev–Trinajstić information content (AvgIpc) is 2.53. The fraction of sp³-hybridized carbons (Fsp3) is 0.579. The summed E-state index contributed by atoms with van der Waals surface area (Å²) in [5.41, 5.74) is -1.87. The molecule has 2 unspecified atom stereocenters. The summed E-state index contributed by atoms with van der Waals surface area (Å²) in [5.74, 6) is -3.98. The highest BCUT2D eigenvalue weighted by atomic mass is 19.4. The van der Waals surface area contributed by atoms with Crippen LogP contribution in [0.5, 0.6) is 5.75 Å². The Morgan fingerprint density at radius 2 is 1.86 bits per heavy atom. The number of benzene rings is 1.